The first-order valence-corrected chi connectivity index (χ1v) is 6.55. The second-order valence-corrected chi connectivity index (χ2v) is 4.80. The van der Waals surface area contributed by atoms with Gasteiger partial charge in [-0.3, -0.25) is 9.89 Å². The van der Waals surface area contributed by atoms with Crippen molar-refractivity contribution < 1.29 is 9.90 Å². The van der Waals surface area contributed by atoms with E-state index in [9.17, 15) is 9.90 Å². The fourth-order valence-corrected chi connectivity index (χ4v) is 2.48. The maximum atomic E-state index is 11.8. The van der Waals surface area contributed by atoms with Crippen LogP contribution in [0.4, 0.5) is 0 Å². The molecule has 0 radical (unpaired) electrons. The quantitative estimate of drug-likeness (QED) is 0.712. The van der Waals surface area contributed by atoms with E-state index in [1.54, 1.807) is 0 Å². The summed E-state index contributed by atoms with van der Waals surface area (Å²) < 4.78 is 0. The molecule has 1 amide bonds. The highest BCUT2D eigenvalue weighted by Crippen LogP contribution is 2.30. The summed E-state index contributed by atoms with van der Waals surface area (Å²) in [5.41, 5.74) is 0. The predicted molar refractivity (Wildman–Crippen MR) is 66.0 cm³/mol. The first-order valence-electron chi connectivity index (χ1n) is 6.55. The molecule has 1 aromatic rings. The van der Waals surface area contributed by atoms with Gasteiger partial charge in [0.1, 0.15) is 5.82 Å². The number of H-pyrrole nitrogens is 1. The van der Waals surface area contributed by atoms with Crippen LogP contribution in [0.3, 0.4) is 0 Å². The topological polar surface area (TPSA) is 90.9 Å². The number of amides is 1. The third kappa shape index (κ3) is 2.87. The number of aromatic nitrogens is 3. The first kappa shape index (κ1) is 13.0. The van der Waals surface area contributed by atoms with Gasteiger partial charge < -0.3 is 10.4 Å². The van der Waals surface area contributed by atoms with Crippen LogP contribution in [0.2, 0.25) is 0 Å². The van der Waals surface area contributed by atoms with Crippen LogP contribution in [0, 0.1) is 11.8 Å². The smallest absolute Gasteiger partial charge is 0.290 e. The number of carbonyl (C=O) groups is 1. The summed E-state index contributed by atoms with van der Waals surface area (Å²) in [6.45, 7) is 2.76. The SMILES string of the molecule is CCc1nc(C(=O)NCC2CCCC2CO)n[nH]1. The van der Waals surface area contributed by atoms with Crippen LogP contribution < -0.4 is 5.32 Å². The number of aliphatic hydroxyl groups is 1. The maximum absolute atomic E-state index is 11.8. The molecule has 2 unspecified atom stereocenters. The Labute approximate surface area is 106 Å². The van der Waals surface area contributed by atoms with Crippen molar-refractivity contribution >= 4 is 5.91 Å². The Morgan fingerprint density at radius 3 is 2.94 bits per heavy atom. The van der Waals surface area contributed by atoms with E-state index in [1.165, 1.54) is 0 Å². The van der Waals surface area contributed by atoms with Crippen molar-refractivity contribution in [1.82, 2.24) is 20.5 Å². The molecule has 2 atom stereocenters. The summed E-state index contributed by atoms with van der Waals surface area (Å²) in [6, 6.07) is 0. The Morgan fingerprint density at radius 2 is 2.28 bits per heavy atom. The molecule has 1 saturated carbocycles. The van der Waals surface area contributed by atoms with Gasteiger partial charge in [0.2, 0.25) is 5.82 Å². The Balaban J connectivity index is 1.84. The molecule has 1 fully saturated rings. The highest BCUT2D eigenvalue weighted by Gasteiger charge is 2.27. The molecule has 6 nitrogen and oxygen atoms in total. The van der Waals surface area contributed by atoms with Crippen molar-refractivity contribution in [3.8, 4) is 0 Å². The van der Waals surface area contributed by atoms with Crippen LogP contribution in [0.25, 0.3) is 0 Å². The van der Waals surface area contributed by atoms with E-state index < -0.39 is 0 Å². The molecule has 0 spiro atoms. The highest BCUT2D eigenvalue weighted by atomic mass is 16.3. The Morgan fingerprint density at radius 1 is 1.50 bits per heavy atom. The lowest BCUT2D eigenvalue weighted by Gasteiger charge is -2.17. The van der Waals surface area contributed by atoms with Gasteiger partial charge in [0.15, 0.2) is 0 Å². The number of aromatic amines is 1. The van der Waals surface area contributed by atoms with Gasteiger partial charge in [0.25, 0.3) is 5.91 Å². The van der Waals surface area contributed by atoms with Crippen molar-refractivity contribution in [2.45, 2.75) is 32.6 Å². The number of aryl methyl sites for hydroxylation is 1. The van der Waals surface area contributed by atoms with Gasteiger partial charge in [-0.15, -0.1) is 5.10 Å². The molecular weight excluding hydrogens is 232 g/mol. The van der Waals surface area contributed by atoms with E-state index in [0.717, 1.165) is 25.7 Å². The van der Waals surface area contributed by atoms with E-state index >= 15 is 0 Å². The van der Waals surface area contributed by atoms with E-state index in [-0.39, 0.29) is 18.3 Å². The minimum Gasteiger partial charge on any atom is -0.396 e. The predicted octanol–water partition coefficient (Wildman–Crippen LogP) is 0.505. The molecule has 0 bridgehead atoms. The molecule has 0 aromatic carbocycles. The number of nitrogens with zero attached hydrogens (tertiary/aromatic N) is 2. The molecule has 6 heteroatoms. The Bertz CT molecular complexity index is 405. The molecule has 0 saturated heterocycles. The van der Waals surface area contributed by atoms with Crippen molar-refractivity contribution in [2.24, 2.45) is 11.8 Å². The van der Waals surface area contributed by atoms with Crippen LogP contribution in [0.1, 0.15) is 42.6 Å². The van der Waals surface area contributed by atoms with Gasteiger partial charge in [-0.1, -0.05) is 13.3 Å². The van der Waals surface area contributed by atoms with E-state index in [1.807, 2.05) is 6.92 Å². The van der Waals surface area contributed by atoms with Gasteiger partial charge in [-0.2, -0.15) is 0 Å². The number of rotatable bonds is 5. The van der Waals surface area contributed by atoms with E-state index in [0.29, 0.717) is 24.2 Å². The zero-order valence-corrected chi connectivity index (χ0v) is 10.6. The number of aliphatic hydroxyl groups excluding tert-OH is 1. The van der Waals surface area contributed by atoms with Crippen molar-refractivity contribution in [2.75, 3.05) is 13.2 Å². The average Bonchev–Trinajstić information content (AvgIpc) is 3.04. The summed E-state index contributed by atoms with van der Waals surface area (Å²) in [4.78, 5) is 15.9. The lowest BCUT2D eigenvalue weighted by atomic mass is 9.97. The van der Waals surface area contributed by atoms with Crippen molar-refractivity contribution in [3.63, 3.8) is 0 Å². The average molecular weight is 252 g/mol. The number of hydrogen-bond acceptors (Lipinski definition) is 4. The van der Waals surface area contributed by atoms with Gasteiger partial charge in [0, 0.05) is 19.6 Å². The second-order valence-electron chi connectivity index (χ2n) is 4.80. The highest BCUT2D eigenvalue weighted by molar-refractivity contribution is 5.90. The lowest BCUT2D eigenvalue weighted by molar-refractivity contribution is 0.0927. The minimum absolute atomic E-state index is 0.199. The molecule has 1 heterocycles. The largest absolute Gasteiger partial charge is 0.396 e. The zero-order valence-electron chi connectivity index (χ0n) is 10.6. The van der Waals surface area contributed by atoms with Crippen LogP contribution >= 0.6 is 0 Å². The number of hydrogen-bond donors (Lipinski definition) is 3. The fourth-order valence-electron chi connectivity index (χ4n) is 2.48. The zero-order chi connectivity index (χ0) is 13.0. The standard InChI is InChI=1S/C12H20N4O2/c1-2-10-14-11(16-15-10)12(18)13-6-8-4-3-5-9(8)7-17/h8-9,17H,2-7H2,1H3,(H,13,18)(H,14,15,16). The summed E-state index contributed by atoms with van der Waals surface area (Å²) in [6.07, 6.45) is 3.99. The summed E-state index contributed by atoms with van der Waals surface area (Å²) in [7, 11) is 0. The van der Waals surface area contributed by atoms with E-state index in [2.05, 4.69) is 20.5 Å². The number of carbonyl (C=O) groups excluding carboxylic acids is 1. The van der Waals surface area contributed by atoms with Crippen LogP contribution in [-0.4, -0.2) is 39.3 Å². The van der Waals surface area contributed by atoms with Crippen LogP contribution in [0.15, 0.2) is 0 Å². The van der Waals surface area contributed by atoms with Crippen molar-refractivity contribution in [3.05, 3.63) is 11.6 Å². The molecule has 1 aliphatic rings. The molecule has 1 aromatic heterocycles. The third-order valence-corrected chi connectivity index (χ3v) is 3.65. The first-order chi connectivity index (χ1) is 8.74. The molecule has 18 heavy (non-hydrogen) atoms. The molecule has 1 aliphatic carbocycles. The minimum atomic E-state index is -0.241. The molecule has 100 valence electrons. The molecule has 0 aliphatic heterocycles. The lowest BCUT2D eigenvalue weighted by Crippen LogP contribution is -2.32. The van der Waals surface area contributed by atoms with Crippen LogP contribution in [0.5, 0.6) is 0 Å². The molecule has 3 N–H and O–H groups in total. The summed E-state index contributed by atoms with van der Waals surface area (Å²) >= 11 is 0. The van der Waals surface area contributed by atoms with Crippen LogP contribution in [-0.2, 0) is 6.42 Å². The van der Waals surface area contributed by atoms with Crippen molar-refractivity contribution in [1.29, 1.82) is 0 Å². The van der Waals surface area contributed by atoms with Gasteiger partial charge in [-0.25, -0.2) is 4.98 Å². The Hall–Kier alpha value is -1.43. The van der Waals surface area contributed by atoms with Gasteiger partial charge >= 0.3 is 0 Å². The third-order valence-electron chi connectivity index (χ3n) is 3.65. The van der Waals surface area contributed by atoms with Gasteiger partial charge in [-0.05, 0) is 24.7 Å². The summed E-state index contributed by atoms with van der Waals surface area (Å²) in [5, 5.41) is 18.7. The monoisotopic (exact) mass is 252 g/mol. The van der Waals surface area contributed by atoms with Gasteiger partial charge in [0.05, 0.1) is 0 Å². The van der Waals surface area contributed by atoms with E-state index in [4.69, 9.17) is 0 Å². The Kier molecular flexibility index (Phi) is 4.30. The molecular formula is C12H20N4O2. The molecule has 2 rings (SSSR count). The fraction of sp³-hybridized carbons (Fsp3) is 0.750. The summed E-state index contributed by atoms with van der Waals surface area (Å²) in [5.74, 6) is 1.38. The normalized spacial score (nSPS) is 23.2. The maximum Gasteiger partial charge on any atom is 0.290 e. The second kappa shape index (κ2) is 5.95. The number of nitrogens with one attached hydrogen (secondary N) is 2.